The van der Waals surface area contributed by atoms with Crippen LogP contribution in [0.5, 0.6) is 0 Å². The second-order valence-corrected chi connectivity index (χ2v) is 8.51. The van der Waals surface area contributed by atoms with Gasteiger partial charge in [-0.2, -0.15) is 0 Å². The molecule has 0 unspecified atom stereocenters. The maximum atomic E-state index is 6.12. The Kier molecular flexibility index (Phi) is 5.89. The lowest BCUT2D eigenvalue weighted by Crippen LogP contribution is -2.50. The Morgan fingerprint density at radius 2 is 1.71 bits per heavy atom. The van der Waals surface area contributed by atoms with Crippen LogP contribution in [-0.2, 0) is 4.43 Å². The van der Waals surface area contributed by atoms with Crippen molar-refractivity contribution in [1.82, 2.24) is 0 Å². The van der Waals surface area contributed by atoms with E-state index in [1.54, 1.807) is 0 Å². The first-order chi connectivity index (χ1) is 8.18. The molecular formula is C14H19BrOSi. The van der Waals surface area contributed by atoms with Gasteiger partial charge in [-0.1, -0.05) is 40.2 Å². The third-order valence-corrected chi connectivity index (χ3v) is 7.39. The molecule has 1 nitrogen and oxygen atoms in total. The van der Waals surface area contributed by atoms with Crippen molar-refractivity contribution in [3.8, 4) is 0 Å². The van der Waals surface area contributed by atoms with Crippen LogP contribution in [0.3, 0.4) is 0 Å². The first-order valence-electron chi connectivity index (χ1n) is 5.80. The van der Waals surface area contributed by atoms with Gasteiger partial charge in [0.2, 0.25) is 8.32 Å². The normalized spacial score (nSPS) is 11.2. The Balaban J connectivity index is 3.13. The minimum atomic E-state index is -1.95. The maximum Gasteiger partial charge on any atom is 0.231 e. The minimum absolute atomic E-state index is 0.740. The molecule has 0 amide bonds. The minimum Gasteiger partial charge on any atom is -0.412 e. The summed E-state index contributed by atoms with van der Waals surface area (Å²) >= 11 is 3.46. The molecule has 0 aliphatic rings. The molecule has 1 aromatic carbocycles. The Bertz CT molecular complexity index is 362. The fraction of sp³-hybridized carbons (Fsp3) is 0.286. The Morgan fingerprint density at radius 1 is 1.18 bits per heavy atom. The Morgan fingerprint density at radius 3 is 2.12 bits per heavy atom. The zero-order valence-electron chi connectivity index (χ0n) is 10.3. The third-order valence-electron chi connectivity index (χ3n) is 2.74. The van der Waals surface area contributed by atoms with Crippen molar-refractivity contribution < 1.29 is 4.43 Å². The first-order valence-corrected chi connectivity index (χ1v) is 8.92. The predicted octanol–water partition coefficient (Wildman–Crippen LogP) is 4.01. The lowest BCUT2D eigenvalue weighted by molar-refractivity contribution is 0.333. The number of rotatable bonds is 7. The van der Waals surface area contributed by atoms with Crippen molar-refractivity contribution in [1.29, 1.82) is 0 Å². The van der Waals surface area contributed by atoms with E-state index in [0.717, 1.165) is 23.2 Å². The van der Waals surface area contributed by atoms with Gasteiger partial charge in [0, 0.05) is 11.1 Å². The Labute approximate surface area is 113 Å². The summed E-state index contributed by atoms with van der Waals surface area (Å²) in [6.45, 7) is 10.5. The van der Waals surface area contributed by atoms with Gasteiger partial charge in [0.1, 0.15) is 0 Å². The number of allylic oxidation sites excluding steroid dienone is 2. The van der Waals surface area contributed by atoms with E-state index < -0.39 is 8.32 Å². The van der Waals surface area contributed by atoms with Gasteiger partial charge >= 0.3 is 0 Å². The van der Waals surface area contributed by atoms with Gasteiger partial charge in [-0.3, -0.25) is 0 Å². The summed E-state index contributed by atoms with van der Waals surface area (Å²) in [6.07, 6.45) is 3.93. The molecule has 0 radical (unpaired) electrons. The highest BCUT2D eigenvalue weighted by Crippen LogP contribution is 2.20. The molecule has 0 aromatic heterocycles. The molecule has 0 atom stereocenters. The summed E-state index contributed by atoms with van der Waals surface area (Å²) in [7, 11) is -1.95. The van der Waals surface area contributed by atoms with Crippen molar-refractivity contribution in [2.45, 2.75) is 19.0 Å². The van der Waals surface area contributed by atoms with E-state index in [0.29, 0.717) is 0 Å². The molecule has 1 aromatic rings. The smallest absolute Gasteiger partial charge is 0.231 e. The van der Waals surface area contributed by atoms with Crippen LogP contribution in [0.1, 0.15) is 6.92 Å². The largest absolute Gasteiger partial charge is 0.412 e. The fourth-order valence-corrected chi connectivity index (χ4v) is 5.58. The van der Waals surface area contributed by atoms with Crippen LogP contribution in [0, 0.1) is 0 Å². The summed E-state index contributed by atoms with van der Waals surface area (Å²) in [4.78, 5) is 0. The van der Waals surface area contributed by atoms with Crippen molar-refractivity contribution >= 4 is 29.4 Å². The molecule has 0 saturated carbocycles. The van der Waals surface area contributed by atoms with E-state index >= 15 is 0 Å². The summed E-state index contributed by atoms with van der Waals surface area (Å²) in [5.41, 5.74) is 0. The van der Waals surface area contributed by atoms with E-state index in [1.165, 1.54) is 5.19 Å². The average molecular weight is 311 g/mol. The number of hydrogen-bond acceptors (Lipinski definition) is 1. The van der Waals surface area contributed by atoms with Crippen LogP contribution in [0.2, 0.25) is 12.1 Å². The summed E-state index contributed by atoms with van der Waals surface area (Å²) in [5.74, 6) is 0. The highest BCUT2D eigenvalue weighted by Gasteiger charge is 2.34. The van der Waals surface area contributed by atoms with E-state index in [2.05, 4.69) is 53.4 Å². The van der Waals surface area contributed by atoms with E-state index in [-0.39, 0.29) is 0 Å². The second kappa shape index (κ2) is 6.94. The van der Waals surface area contributed by atoms with Gasteiger partial charge in [-0.05, 0) is 36.3 Å². The lowest BCUT2D eigenvalue weighted by Gasteiger charge is -2.29. The monoisotopic (exact) mass is 310 g/mol. The quantitative estimate of drug-likeness (QED) is 0.546. The first kappa shape index (κ1) is 14.4. The molecule has 92 valence electrons. The number of halogens is 1. The molecule has 0 fully saturated rings. The van der Waals surface area contributed by atoms with Gasteiger partial charge in [-0.25, -0.2) is 0 Å². The second-order valence-electron chi connectivity index (χ2n) is 3.92. The molecule has 0 aliphatic carbocycles. The summed E-state index contributed by atoms with van der Waals surface area (Å²) in [5, 5.41) is 1.31. The zero-order valence-corrected chi connectivity index (χ0v) is 12.9. The molecule has 0 N–H and O–H groups in total. The number of benzene rings is 1. The van der Waals surface area contributed by atoms with Gasteiger partial charge in [0.15, 0.2) is 0 Å². The van der Waals surface area contributed by atoms with E-state index in [1.807, 2.05) is 19.1 Å². The molecular weight excluding hydrogens is 292 g/mol. The third kappa shape index (κ3) is 3.66. The van der Waals surface area contributed by atoms with Crippen molar-refractivity contribution in [3.05, 3.63) is 54.0 Å². The molecule has 17 heavy (non-hydrogen) atoms. The summed E-state index contributed by atoms with van der Waals surface area (Å²) in [6, 6.07) is 10.3. The van der Waals surface area contributed by atoms with Crippen LogP contribution in [0.4, 0.5) is 0 Å². The fourth-order valence-electron chi connectivity index (χ4n) is 2.02. The van der Waals surface area contributed by atoms with Gasteiger partial charge in [0.05, 0.1) is 0 Å². The Hall–Kier alpha value is -0.643. The van der Waals surface area contributed by atoms with Gasteiger partial charge < -0.3 is 4.43 Å². The predicted molar refractivity (Wildman–Crippen MR) is 81.2 cm³/mol. The van der Waals surface area contributed by atoms with Crippen LogP contribution in [-0.4, -0.2) is 14.9 Å². The molecule has 0 spiro atoms. The maximum absolute atomic E-state index is 6.12. The van der Waals surface area contributed by atoms with E-state index in [9.17, 15) is 0 Å². The van der Waals surface area contributed by atoms with E-state index in [4.69, 9.17) is 4.43 Å². The highest BCUT2D eigenvalue weighted by atomic mass is 79.9. The van der Waals surface area contributed by atoms with Crippen LogP contribution < -0.4 is 5.19 Å². The topological polar surface area (TPSA) is 9.23 Å². The van der Waals surface area contributed by atoms with Gasteiger partial charge in [0.25, 0.3) is 0 Å². The van der Waals surface area contributed by atoms with Crippen LogP contribution in [0.15, 0.2) is 54.0 Å². The SMILES string of the molecule is C=CC[Si](CC=C)(OCC)c1ccc(Br)cc1. The van der Waals surface area contributed by atoms with Crippen molar-refractivity contribution in [2.75, 3.05) is 6.61 Å². The van der Waals surface area contributed by atoms with Crippen molar-refractivity contribution in [2.24, 2.45) is 0 Å². The van der Waals surface area contributed by atoms with Crippen LogP contribution >= 0.6 is 15.9 Å². The standard InChI is InChI=1S/C14H19BrOSi/c1-4-11-17(12-5-2,16-6-3)14-9-7-13(15)8-10-14/h4-5,7-10H,1-2,6,11-12H2,3H3. The lowest BCUT2D eigenvalue weighted by atomic mass is 10.4. The average Bonchev–Trinajstić information content (AvgIpc) is 2.30. The molecule has 1 rings (SSSR count). The van der Waals surface area contributed by atoms with Crippen LogP contribution in [0.25, 0.3) is 0 Å². The molecule has 3 heteroatoms. The molecule has 0 aliphatic heterocycles. The highest BCUT2D eigenvalue weighted by molar-refractivity contribution is 9.10. The van der Waals surface area contributed by atoms with Crippen molar-refractivity contribution in [3.63, 3.8) is 0 Å². The zero-order chi connectivity index (χ0) is 12.7. The molecule has 0 saturated heterocycles. The summed E-state index contributed by atoms with van der Waals surface area (Å²) < 4.78 is 7.21. The molecule has 0 heterocycles. The van der Waals surface area contributed by atoms with Gasteiger partial charge in [-0.15, -0.1) is 13.2 Å². The molecule has 0 bridgehead atoms. The number of hydrogen-bond donors (Lipinski definition) is 0.